The molecule has 0 heterocycles. The topological polar surface area (TPSA) is 146 Å². The van der Waals surface area contributed by atoms with Crippen molar-refractivity contribution in [2.75, 3.05) is 0 Å². The van der Waals surface area contributed by atoms with Gasteiger partial charge in [-0.3, -0.25) is 18.7 Å². The molecule has 0 fully saturated rings. The largest absolute Gasteiger partial charge is 0.378 e. The monoisotopic (exact) mass is 640 g/mol. The fraction of sp³-hybridized carbons (Fsp3) is 0.188. The van der Waals surface area contributed by atoms with Crippen LogP contribution in [0.5, 0.6) is 0 Å². The first-order chi connectivity index (χ1) is 21.3. The molecule has 0 spiro atoms. The lowest BCUT2D eigenvalue weighted by atomic mass is 10.2. The molecule has 2 atom stereocenters. The van der Waals surface area contributed by atoms with E-state index in [1.807, 2.05) is 24.3 Å². The van der Waals surface area contributed by atoms with Gasteiger partial charge in [-0.15, -0.1) is 0 Å². The van der Waals surface area contributed by atoms with Crippen LogP contribution in [0.3, 0.4) is 0 Å². The molecule has 0 aromatic heterocycles. The Labute approximate surface area is 256 Å². The highest BCUT2D eigenvalue weighted by atomic mass is 31.2. The Morgan fingerprint density at radius 2 is 0.659 bits per heavy atom. The third-order valence-electron chi connectivity index (χ3n) is 5.99. The number of hydrogen-bond acceptors (Lipinski definition) is 10. The number of hydrogen-bond donors (Lipinski definition) is 2. The van der Waals surface area contributed by atoms with Crippen molar-refractivity contribution in [3.05, 3.63) is 144 Å². The summed E-state index contributed by atoms with van der Waals surface area (Å²) in [5.41, 5.74) is 2.65. The van der Waals surface area contributed by atoms with Gasteiger partial charge in [0.25, 0.3) is 0 Å². The van der Waals surface area contributed by atoms with Crippen molar-refractivity contribution in [2.24, 2.45) is 0 Å². The van der Waals surface area contributed by atoms with Crippen molar-refractivity contribution in [3.8, 4) is 0 Å². The van der Waals surface area contributed by atoms with E-state index in [0.29, 0.717) is 22.3 Å². The Hall–Kier alpha value is -3.56. The number of aliphatic hydroxyl groups is 2. The van der Waals surface area contributed by atoms with Crippen molar-refractivity contribution >= 4 is 27.8 Å². The van der Waals surface area contributed by atoms with E-state index in [4.69, 9.17) is 27.7 Å². The lowest BCUT2D eigenvalue weighted by Crippen LogP contribution is -2.29. The summed E-state index contributed by atoms with van der Waals surface area (Å²) in [4.78, 5) is 17.6. The van der Waals surface area contributed by atoms with Gasteiger partial charge < -0.3 is 28.3 Å². The van der Waals surface area contributed by atoms with E-state index in [-0.39, 0.29) is 39.0 Å². The van der Waals surface area contributed by atoms with E-state index < -0.39 is 26.9 Å². The van der Waals surface area contributed by atoms with Crippen LogP contribution >= 0.6 is 15.2 Å². The predicted molar refractivity (Wildman–Crippen MR) is 164 cm³/mol. The average molecular weight is 641 g/mol. The van der Waals surface area contributed by atoms with Crippen LogP contribution in [0.2, 0.25) is 0 Å². The normalized spacial score (nSPS) is 12.8. The molecule has 0 amide bonds. The van der Waals surface area contributed by atoms with Gasteiger partial charge in [0.2, 0.25) is 0 Å². The highest BCUT2D eigenvalue weighted by Gasteiger charge is 2.50. The Kier molecular flexibility index (Phi) is 14.5. The molecule has 4 aromatic carbocycles. The summed E-state index contributed by atoms with van der Waals surface area (Å²) in [6.07, 6.45) is 0.389. The van der Waals surface area contributed by atoms with E-state index >= 15 is 0 Å². The molecule has 10 nitrogen and oxygen atoms in total. The summed E-state index contributed by atoms with van der Waals surface area (Å²) in [6.45, 7) is -0.735. The van der Waals surface area contributed by atoms with Crippen LogP contribution in [0.15, 0.2) is 121 Å². The second kappa shape index (κ2) is 18.3. The minimum atomic E-state index is -4.51. The second-order valence-corrected chi connectivity index (χ2v) is 13.5. The van der Waals surface area contributed by atoms with Crippen molar-refractivity contribution in [1.82, 2.24) is 0 Å². The minimum absolute atomic E-state index is 0.184. The van der Waals surface area contributed by atoms with E-state index in [2.05, 4.69) is 0 Å². The Balaban J connectivity index is 0.00000124. The number of aldehydes is 2. The second-order valence-electron chi connectivity index (χ2n) is 9.22. The first-order valence-electron chi connectivity index (χ1n) is 13.5. The summed E-state index contributed by atoms with van der Waals surface area (Å²) < 4.78 is 50.5. The Morgan fingerprint density at radius 3 is 0.841 bits per heavy atom. The summed E-state index contributed by atoms with van der Waals surface area (Å²) >= 11 is 0. The molecule has 0 saturated heterocycles. The Bertz CT molecular complexity index is 1280. The van der Waals surface area contributed by atoms with Crippen LogP contribution < -0.4 is 0 Å². The number of carbonyl (C=O) groups is 2. The van der Waals surface area contributed by atoms with Crippen LogP contribution in [0.1, 0.15) is 22.3 Å². The highest BCUT2D eigenvalue weighted by molar-refractivity contribution is 7.58. The third-order valence-corrected chi connectivity index (χ3v) is 10.0. The smallest absolute Gasteiger partial charge is 0.362 e. The average Bonchev–Trinajstić information content (AvgIpc) is 3.09. The molecule has 0 saturated carbocycles. The first-order valence-corrected chi connectivity index (χ1v) is 16.7. The van der Waals surface area contributed by atoms with Crippen LogP contribution in [0.25, 0.3) is 0 Å². The molecule has 2 N–H and O–H groups in total. The highest BCUT2D eigenvalue weighted by Crippen LogP contribution is 2.63. The molecule has 0 aliphatic carbocycles. The molecule has 0 radical (unpaired) electrons. The minimum Gasteiger partial charge on any atom is -0.378 e. The maximum absolute atomic E-state index is 14.0. The fourth-order valence-electron chi connectivity index (χ4n) is 3.66. The van der Waals surface area contributed by atoms with Crippen molar-refractivity contribution in [2.45, 2.75) is 38.1 Å². The van der Waals surface area contributed by atoms with Gasteiger partial charge in [-0.25, -0.2) is 0 Å². The number of benzene rings is 4. The fourth-order valence-corrected chi connectivity index (χ4v) is 7.37. The molecule has 0 aliphatic rings. The quantitative estimate of drug-likeness (QED) is 0.0817. The first kappa shape index (κ1) is 34.9. The summed E-state index contributed by atoms with van der Waals surface area (Å²) in [5, 5.41) is 22.5. The van der Waals surface area contributed by atoms with Crippen LogP contribution in [-0.2, 0) is 63.2 Å². The van der Waals surface area contributed by atoms with Gasteiger partial charge in [-0.1, -0.05) is 121 Å². The summed E-state index contributed by atoms with van der Waals surface area (Å²) in [7, 11) is -9.02. The van der Waals surface area contributed by atoms with Crippen molar-refractivity contribution in [3.63, 3.8) is 0 Å². The number of rotatable bonds is 16. The molecule has 12 heteroatoms. The summed E-state index contributed by atoms with van der Waals surface area (Å²) in [5.74, 6) is -4.48. The van der Waals surface area contributed by atoms with Gasteiger partial charge in [0.05, 0.1) is 26.4 Å². The van der Waals surface area contributed by atoms with Crippen molar-refractivity contribution in [1.29, 1.82) is 0 Å². The lowest BCUT2D eigenvalue weighted by Gasteiger charge is -2.30. The number of aliphatic hydroxyl groups excluding tert-OH is 2. The van der Waals surface area contributed by atoms with Gasteiger partial charge in [0.15, 0.2) is 24.3 Å². The zero-order valence-corrected chi connectivity index (χ0v) is 25.5. The van der Waals surface area contributed by atoms with Gasteiger partial charge in [-0.05, 0) is 22.3 Å². The van der Waals surface area contributed by atoms with Gasteiger partial charge in [-0.2, -0.15) is 0 Å². The molecule has 4 rings (SSSR count). The van der Waals surface area contributed by atoms with E-state index in [0.717, 1.165) is 0 Å². The third kappa shape index (κ3) is 11.2. The zero-order chi connectivity index (χ0) is 31.7. The van der Waals surface area contributed by atoms with Crippen LogP contribution in [0, 0.1) is 0 Å². The van der Waals surface area contributed by atoms with Crippen molar-refractivity contribution < 1.29 is 47.0 Å². The molecular formula is C32H34O10P2. The van der Waals surface area contributed by atoms with E-state index in [1.165, 1.54) is 0 Å². The molecule has 0 aliphatic heterocycles. The standard InChI is InChI=1S/C30H32O8P2.C2H2O2/c31-29(39(33,35-21-25-13-5-1-6-14-25)36-22-26-15-7-2-8-16-26)30(32)40(34,37-23-27-17-9-3-10-18-27)38-24-28-19-11-4-12-20-28;3-1-2-4/h1-20,29-32H,21-24H2;1-2H. The molecule has 4 aromatic rings. The predicted octanol–water partition coefficient (Wildman–Crippen LogP) is 6.26. The molecule has 0 bridgehead atoms. The van der Waals surface area contributed by atoms with Gasteiger partial charge in [0, 0.05) is 0 Å². The number of carbonyl (C=O) groups excluding carboxylic acids is 2. The van der Waals surface area contributed by atoms with Gasteiger partial charge >= 0.3 is 15.2 Å². The SMILES string of the molecule is O=CC=O.O=P(OCc1ccccc1)(OCc1ccccc1)C(O)C(O)P(=O)(OCc1ccccc1)OCc1ccccc1. The molecule has 232 valence electrons. The maximum atomic E-state index is 14.0. The maximum Gasteiger partial charge on any atom is 0.362 e. The Morgan fingerprint density at radius 1 is 0.455 bits per heavy atom. The lowest BCUT2D eigenvalue weighted by molar-refractivity contribution is -0.122. The van der Waals surface area contributed by atoms with Crippen LogP contribution in [0.4, 0.5) is 0 Å². The molecule has 44 heavy (non-hydrogen) atoms. The summed E-state index contributed by atoms with van der Waals surface area (Å²) in [6, 6.07) is 35.5. The zero-order valence-electron chi connectivity index (χ0n) is 23.7. The van der Waals surface area contributed by atoms with E-state index in [1.54, 1.807) is 97.1 Å². The molecule has 2 unspecified atom stereocenters. The molecular weight excluding hydrogens is 606 g/mol. The van der Waals surface area contributed by atoms with Gasteiger partial charge in [0.1, 0.15) is 0 Å². The van der Waals surface area contributed by atoms with Crippen LogP contribution in [-0.4, -0.2) is 34.5 Å². The van der Waals surface area contributed by atoms with E-state index in [9.17, 15) is 19.3 Å².